The summed E-state index contributed by atoms with van der Waals surface area (Å²) in [6, 6.07) is 3.93. The standard InChI is InChI=1S/C19H27N5O2S/c1-19(8-5-9-24(11-19)14(25)10-23(3)4)13-7-6-12-15(20)16(17(26)21-2)27-18(12)22-13/h6-7H,5,8-11,20H2,1-4H3,(H,21,26)/t19-/m0/s1. The van der Waals surface area contributed by atoms with Crippen LogP contribution in [0.5, 0.6) is 0 Å². The zero-order valence-electron chi connectivity index (χ0n) is 16.3. The first-order valence-electron chi connectivity index (χ1n) is 9.09. The number of pyridine rings is 1. The summed E-state index contributed by atoms with van der Waals surface area (Å²) in [5, 5.41) is 3.43. The van der Waals surface area contributed by atoms with Gasteiger partial charge in [-0.2, -0.15) is 0 Å². The molecular formula is C19H27N5O2S. The summed E-state index contributed by atoms with van der Waals surface area (Å²) in [4.78, 5) is 34.4. The summed E-state index contributed by atoms with van der Waals surface area (Å²) in [6.45, 7) is 4.02. The van der Waals surface area contributed by atoms with Crippen molar-refractivity contribution in [3.63, 3.8) is 0 Å². The zero-order valence-corrected chi connectivity index (χ0v) is 17.2. The maximum absolute atomic E-state index is 12.5. The molecule has 7 nitrogen and oxygen atoms in total. The average molecular weight is 390 g/mol. The lowest BCUT2D eigenvalue weighted by atomic mass is 9.78. The highest BCUT2D eigenvalue weighted by molar-refractivity contribution is 7.21. The number of carbonyl (C=O) groups is 2. The molecule has 0 radical (unpaired) electrons. The van der Waals surface area contributed by atoms with Gasteiger partial charge in [0, 0.05) is 36.6 Å². The number of nitrogens with one attached hydrogen (secondary N) is 1. The molecule has 3 N–H and O–H groups in total. The number of amides is 2. The van der Waals surface area contributed by atoms with Crippen molar-refractivity contribution in [1.82, 2.24) is 20.1 Å². The van der Waals surface area contributed by atoms with Crippen LogP contribution < -0.4 is 11.1 Å². The molecule has 0 unspecified atom stereocenters. The molecule has 8 heteroatoms. The van der Waals surface area contributed by atoms with Gasteiger partial charge in [0.25, 0.3) is 5.91 Å². The smallest absolute Gasteiger partial charge is 0.263 e. The maximum Gasteiger partial charge on any atom is 0.263 e. The van der Waals surface area contributed by atoms with Crippen molar-refractivity contribution in [2.45, 2.75) is 25.2 Å². The summed E-state index contributed by atoms with van der Waals surface area (Å²) in [6.07, 6.45) is 1.92. The van der Waals surface area contributed by atoms with Crippen LogP contribution in [0.3, 0.4) is 0 Å². The molecule has 3 rings (SSSR count). The SMILES string of the molecule is CNC(=O)c1sc2nc([C@@]3(C)CCCN(C(=O)CN(C)C)C3)ccc2c1N. The molecule has 1 aliphatic heterocycles. The van der Waals surface area contributed by atoms with E-state index in [1.807, 2.05) is 36.0 Å². The molecule has 2 aromatic rings. The first kappa shape index (κ1) is 19.6. The Balaban J connectivity index is 1.91. The summed E-state index contributed by atoms with van der Waals surface area (Å²) in [7, 11) is 5.40. The molecule has 2 aromatic heterocycles. The third-order valence-corrected chi connectivity index (χ3v) is 6.26. The molecule has 1 aliphatic rings. The third kappa shape index (κ3) is 3.77. The molecule has 0 bridgehead atoms. The number of thiophene rings is 1. The van der Waals surface area contributed by atoms with Crippen LogP contribution in [-0.4, -0.2) is 67.4 Å². The number of likely N-dealkylation sites (N-methyl/N-ethyl adjacent to an activating group) is 1. The van der Waals surface area contributed by atoms with Crippen LogP contribution in [0.15, 0.2) is 12.1 Å². The summed E-state index contributed by atoms with van der Waals surface area (Å²) in [5.74, 6) is -0.0457. The van der Waals surface area contributed by atoms with Crippen molar-refractivity contribution in [2.75, 3.05) is 46.5 Å². The summed E-state index contributed by atoms with van der Waals surface area (Å²) >= 11 is 1.31. The number of rotatable bonds is 4. The van der Waals surface area contributed by atoms with Gasteiger partial charge in [-0.3, -0.25) is 9.59 Å². The number of nitrogens with two attached hydrogens (primary N) is 1. The van der Waals surface area contributed by atoms with E-state index >= 15 is 0 Å². The Kier molecular flexibility index (Phi) is 5.39. The molecule has 2 amide bonds. The number of piperidine rings is 1. The molecular weight excluding hydrogens is 362 g/mol. The fourth-order valence-electron chi connectivity index (χ4n) is 3.65. The Labute approximate surface area is 163 Å². The molecule has 0 saturated carbocycles. The highest BCUT2D eigenvalue weighted by Crippen LogP contribution is 2.37. The summed E-state index contributed by atoms with van der Waals surface area (Å²) in [5.41, 5.74) is 7.35. The summed E-state index contributed by atoms with van der Waals surface area (Å²) < 4.78 is 0. The van der Waals surface area contributed by atoms with Crippen LogP contribution in [-0.2, 0) is 10.2 Å². The molecule has 27 heavy (non-hydrogen) atoms. The van der Waals surface area contributed by atoms with Gasteiger partial charge in [-0.1, -0.05) is 6.92 Å². The third-order valence-electron chi connectivity index (χ3n) is 5.15. The Bertz CT molecular complexity index is 878. The van der Waals surface area contributed by atoms with Crippen LogP contribution in [0.2, 0.25) is 0 Å². The first-order chi connectivity index (χ1) is 12.7. The number of anilines is 1. The predicted molar refractivity (Wildman–Crippen MR) is 109 cm³/mol. The largest absolute Gasteiger partial charge is 0.397 e. The van der Waals surface area contributed by atoms with Gasteiger partial charge in [-0.25, -0.2) is 4.98 Å². The van der Waals surface area contributed by atoms with Gasteiger partial charge < -0.3 is 20.9 Å². The van der Waals surface area contributed by atoms with E-state index in [-0.39, 0.29) is 17.2 Å². The van der Waals surface area contributed by atoms with Crippen molar-refractivity contribution in [3.05, 3.63) is 22.7 Å². The fourth-order valence-corrected chi connectivity index (χ4v) is 4.69. The molecule has 1 saturated heterocycles. The molecule has 0 spiro atoms. The molecule has 1 atom stereocenters. The van der Waals surface area contributed by atoms with Crippen LogP contribution in [0, 0.1) is 0 Å². The second-order valence-electron chi connectivity index (χ2n) is 7.69. The number of fused-ring (bicyclic) bond motifs is 1. The van der Waals surface area contributed by atoms with E-state index in [4.69, 9.17) is 10.7 Å². The van der Waals surface area contributed by atoms with Gasteiger partial charge in [0.05, 0.1) is 12.2 Å². The van der Waals surface area contributed by atoms with Gasteiger partial charge in [0.2, 0.25) is 5.91 Å². The lowest BCUT2D eigenvalue weighted by Crippen LogP contribution is -2.49. The Morgan fingerprint density at radius 2 is 2.15 bits per heavy atom. The number of hydrogen-bond acceptors (Lipinski definition) is 6. The second kappa shape index (κ2) is 7.44. The van der Waals surface area contributed by atoms with Crippen LogP contribution in [0.4, 0.5) is 5.69 Å². The van der Waals surface area contributed by atoms with Crippen molar-refractivity contribution in [2.24, 2.45) is 0 Å². The average Bonchev–Trinajstić information content (AvgIpc) is 2.97. The van der Waals surface area contributed by atoms with E-state index in [9.17, 15) is 9.59 Å². The van der Waals surface area contributed by atoms with Gasteiger partial charge in [-0.15, -0.1) is 11.3 Å². The Hall–Kier alpha value is -2.19. The van der Waals surface area contributed by atoms with Crippen molar-refractivity contribution >= 4 is 39.1 Å². The van der Waals surface area contributed by atoms with Gasteiger partial charge in [0.15, 0.2) is 0 Å². The second-order valence-corrected chi connectivity index (χ2v) is 8.69. The maximum atomic E-state index is 12.5. The zero-order chi connectivity index (χ0) is 19.8. The number of aromatic nitrogens is 1. The van der Waals surface area contributed by atoms with E-state index in [1.54, 1.807) is 7.05 Å². The molecule has 1 fully saturated rings. The molecule has 3 heterocycles. The Morgan fingerprint density at radius 1 is 1.41 bits per heavy atom. The predicted octanol–water partition coefficient (Wildman–Crippen LogP) is 1.68. The lowest BCUT2D eigenvalue weighted by molar-refractivity contribution is -0.134. The van der Waals surface area contributed by atoms with Crippen molar-refractivity contribution in [1.29, 1.82) is 0 Å². The van der Waals surface area contributed by atoms with E-state index < -0.39 is 0 Å². The van der Waals surface area contributed by atoms with Gasteiger partial charge in [-0.05, 0) is 39.1 Å². The van der Waals surface area contributed by atoms with E-state index in [0.29, 0.717) is 23.7 Å². The highest BCUT2D eigenvalue weighted by atomic mass is 32.1. The van der Waals surface area contributed by atoms with Crippen molar-refractivity contribution < 1.29 is 9.59 Å². The van der Waals surface area contributed by atoms with Crippen LogP contribution in [0.1, 0.15) is 35.1 Å². The van der Waals surface area contributed by atoms with Crippen LogP contribution >= 0.6 is 11.3 Å². The minimum atomic E-state index is -0.208. The number of hydrogen-bond donors (Lipinski definition) is 2. The molecule has 0 aliphatic carbocycles. The quantitative estimate of drug-likeness (QED) is 0.830. The molecule has 0 aromatic carbocycles. The number of nitrogen functional groups attached to an aromatic ring is 1. The van der Waals surface area contributed by atoms with Gasteiger partial charge >= 0.3 is 0 Å². The van der Waals surface area contributed by atoms with Crippen molar-refractivity contribution in [3.8, 4) is 0 Å². The lowest BCUT2D eigenvalue weighted by Gasteiger charge is -2.40. The first-order valence-corrected chi connectivity index (χ1v) is 9.91. The minimum absolute atomic E-state index is 0.147. The van der Waals surface area contributed by atoms with Gasteiger partial charge in [0.1, 0.15) is 9.71 Å². The number of carbonyl (C=O) groups excluding carboxylic acids is 2. The van der Waals surface area contributed by atoms with E-state index in [0.717, 1.165) is 35.3 Å². The highest BCUT2D eigenvalue weighted by Gasteiger charge is 2.36. The number of likely N-dealkylation sites (tertiary alicyclic amines) is 1. The number of nitrogens with zero attached hydrogens (tertiary/aromatic N) is 3. The van der Waals surface area contributed by atoms with Crippen LogP contribution in [0.25, 0.3) is 10.2 Å². The Morgan fingerprint density at radius 3 is 2.81 bits per heavy atom. The minimum Gasteiger partial charge on any atom is -0.397 e. The van der Waals surface area contributed by atoms with E-state index in [1.165, 1.54) is 11.3 Å². The normalized spacial score (nSPS) is 20.3. The monoisotopic (exact) mass is 389 g/mol. The van der Waals surface area contributed by atoms with E-state index in [2.05, 4.69) is 12.2 Å². The topological polar surface area (TPSA) is 91.6 Å². The fraction of sp³-hybridized carbons (Fsp3) is 0.526. The molecule has 146 valence electrons.